The van der Waals surface area contributed by atoms with E-state index in [0.29, 0.717) is 12.6 Å². The highest BCUT2D eigenvalue weighted by molar-refractivity contribution is 5.72. The molecule has 0 spiro atoms. The first-order valence-corrected chi connectivity index (χ1v) is 7.25. The number of carbonyl (C=O) groups excluding carboxylic acids is 1. The third-order valence-corrected chi connectivity index (χ3v) is 3.63. The molecule has 1 fully saturated rings. The fourth-order valence-corrected chi connectivity index (χ4v) is 2.57. The highest BCUT2D eigenvalue weighted by Crippen LogP contribution is 2.20. The minimum absolute atomic E-state index is 0.219. The summed E-state index contributed by atoms with van der Waals surface area (Å²) in [6, 6.07) is 4.53. The lowest BCUT2D eigenvalue weighted by molar-refractivity contribution is -0.142. The average Bonchev–Trinajstić information content (AvgIpc) is 2.48. The summed E-state index contributed by atoms with van der Waals surface area (Å²) >= 11 is 0. The second kappa shape index (κ2) is 7.24. The Morgan fingerprint density at radius 3 is 3.20 bits per heavy atom. The second-order valence-electron chi connectivity index (χ2n) is 5.06. The summed E-state index contributed by atoms with van der Waals surface area (Å²) in [6.07, 6.45) is 4.41. The number of anilines is 1. The smallest absolute Gasteiger partial charge is 0.311 e. The molecule has 0 unspecified atom stereocenters. The zero-order valence-corrected chi connectivity index (χ0v) is 12.3. The summed E-state index contributed by atoms with van der Waals surface area (Å²) in [4.78, 5) is 18.1. The van der Waals surface area contributed by atoms with E-state index in [9.17, 15) is 4.79 Å². The van der Waals surface area contributed by atoms with E-state index >= 15 is 0 Å². The number of nitrogens with zero attached hydrogens (tertiary/aromatic N) is 2. The Kier molecular flexibility index (Phi) is 5.35. The molecule has 0 radical (unpaired) electrons. The van der Waals surface area contributed by atoms with Crippen molar-refractivity contribution in [2.24, 2.45) is 0 Å². The molecule has 0 saturated carbocycles. The molecule has 0 aromatic carbocycles. The number of carbonyl (C=O) groups is 1. The number of esters is 1. The van der Waals surface area contributed by atoms with Crippen LogP contribution in [0.2, 0.25) is 0 Å². The van der Waals surface area contributed by atoms with Gasteiger partial charge < -0.3 is 15.0 Å². The van der Waals surface area contributed by atoms with Gasteiger partial charge in [-0.25, -0.2) is 0 Å². The molecule has 0 amide bonds. The maximum atomic E-state index is 11.5. The van der Waals surface area contributed by atoms with Crippen molar-refractivity contribution < 1.29 is 9.53 Å². The Hall–Kier alpha value is -1.62. The van der Waals surface area contributed by atoms with Gasteiger partial charge in [0.2, 0.25) is 0 Å². The number of nitrogens with one attached hydrogen (secondary N) is 1. The number of pyridine rings is 1. The van der Waals surface area contributed by atoms with Gasteiger partial charge in [-0.15, -0.1) is 0 Å². The van der Waals surface area contributed by atoms with Gasteiger partial charge in [0.05, 0.1) is 18.7 Å². The summed E-state index contributed by atoms with van der Waals surface area (Å²) in [5.74, 6) is -0.219. The summed E-state index contributed by atoms with van der Waals surface area (Å²) in [6.45, 7) is 4.28. The minimum Gasteiger partial charge on any atom is -0.466 e. The molecule has 1 aliphatic heterocycles. The van der Waals surface area contributed by atoms with Crippen molar-refractivity contribution in [3.8, 4) is 0 Å². The molecule has 0 aliphatic carbocycles. The predicted octanol–water partition coefficient (Wildman–Crippen LogP) is 1.38. The highest BCUT2D eigenvalue weighted by atomic mass is 16.5. The second-order valence-corrected chi connectivity index (χ2v) is 5.06. The summed E-state index contributed by atoms with van der Waals surface area (Å²) in [5.41, 5.74) is 1.91. The topological polar surface area (TPSA) is 54.5 Å². The number of ether oxygens (including phenoxy) is 1. The standard InChI is InChI=1S/C15H23N3O2/c1-3-20-15(19)10-13-9-14(6-7-17-13)18-8-4-5-12(11-18)16-2/h6-7,9,12,16H,3-5,8,10-11H2,1-2H3/t12-/m1/s1. The Balaban J connectivity index is 2.03. The lowest BCUT2D eigenvalue weighted by Gasteiger charge is -2.34. The van der Waals surface area contributed by atoms with Crippen LogP contribution in [-0.2, 0) is 16.0 Å². The number of hydrogen-bond donors (Lipinski definition) is 1. The molecule has 2 rings (SSSR count). The lowest BCUT2D eigenvalue weighted by atomic mass is 10.1. The van der Waals surface area contributed by atoms with E-state index in [4.69, 9.17) is 4.74 Å². The van der Waals surface area contributed by atoms with Crippen LogP contribution in [0.4, 0.5) is 5.69 Å². The van der Waals surface area contributed by atoms with E-state index in [1.165, 1.54) is 12.8 Å². The number of likely N-dealkylation sites (N-methyl/N-ethyl adjacent to an activating group) is 1. The molecular formula is C15H23N3O2. The zero-order valence-electron chi connectivity index (χ0n) is 12.3. The molecule has 2 heterocycles. The number of piperidine rings is 1. The van der Waals surface area contributed by atoms with Crippen LogP contribution in [0, 0.1) is 0 Å². The first-order valence-electron chi connectivity index (χ1n) is 7.25. The van der Waals surface area contributed by atoms with Gasteiger partial charge in [-0.1, -0.05) is 0 Å². The Morgan fingerprint density at radius 1 is 1.60 bits per heavy atom. The van der Waals surface area contributed by atoms with E-state index in [2.05, 4.69) is 15.2 Å². The first kappa shape index (κ1) is 14.8. The molecule has 5 heteroatoms. The van der Waals surface area contributed by atoms with Crippen molar-refractivity contribution in [3.63, 3.8) is 0 Å². The van der Waals surface area contributed by atoms with Gasteiger partial charge in [-0.3, -0.25) is 9.78 Å². The maximum absolute atomic E-state index is 11.5. The largest absolute Gasteiger partial charge is 0.466 e. The Labute approximate surface area is 120 Å². The number of hydrogen-bond acceptors (Lipinski definition) is 5. The van der Waals surface area contributed by atoms with Crippen LogP contribution in [-0.4, -0.2) is 43.7 Å². The van der Waals surface area contributed by atoms with Gasteiger partial charge in [0.1, 0.15) is 0 Å². The van der Waals surface area contributed by atoms with Crippen LogP contribution in [0.1, 0.15) is 25.5 Å². The van der Waals surface area contributed by atoms with Gasteiger partial charge in [-0.05, 0) is 38.9 Å². The molecule has 5 nitrogen and oxygen atoms in total. The van der Waals surface area contributed by atoms with Crippen LogP contribution in [0.15, 0.2) is 18.3 Å². The molecular weight excluding hydrogens is 254 g/mol. The van der Waals surface area contributed by atoms with Crippen molar-refractivity contribution in [1.82, 2.24) is 10.3 Å². The third-order valence-electron chi connectivity index (χ3n) is 3.63. The SMILES string of the molecule is CCOC(=O)Cc1cc(N2CCC[C@@H](NC)C2)ccn1. The monoisotopic (exact) mass is 277 g/mol. The van der Waals surface area contributed by atoms with Crippen LogP contribution < -0.4 is 10.2 Å². The Morgan fingerprint density at radius 2 is 2.45 bits per heavy atom. The van der Waals surface area contributed by atoms with E-state index in [-0.39, 0.29) is 12.4 Å². The fraction of sp³-hybridized carbons (Fsp3) is 0.600. The molecule has 1 saturated heterocycles. The molecule has 110 valence electrons. The van der Waals surface area contributed by atoms with Gasteiger partial charge in [0, 0.05) is 31.0 Å². The zero-order chi connectivity index (χ0) is 14.4. The summed E-state index contributed by atoms with van der Waals surface area (Å²) in [5, 5.41) is 3.34. The predicted molar refractivity (Wildman–Crippen MR) is 78.9 cm³/mol. The lowest BCUT2D eigenvalue weighted by Crippen LogP contribution is -2.44. The quantitative estimate of drug-likeness (QED) is 0.824. The van der Waals surface area contributed by atoms with Crippen molar-refractivity contribution in [3.05, 3.63) is 24.0 Å². The van der Waals surface area contributed by atoms with Crippen LogP contribution in [0.25, 0.3) is 0 Å². The maximum Gasteiger partial charge on any atom is 0.311 e. The van der Waals surface area contributed by atoms with Crippen LogP contribution in [0.3, 0.4) is 0 Å². The third kappa shape index (κ3) is 3.93. The fourth-order valence-electron chi connectivity index (χ4n) is 2.57. The molecule has 1 aromatic heterocycles. The van der Waals surface area contributed by atoms with E-state index in [0.717, 1.165) is 24.5 Å². The van der Waals surface area contributed by atoms with Crippen LogP contribution >= 0.6 is 0 Å². The average molecular weight is 277 g/mol. The normalized spacial score (nSPS) is 18.9. The molecule has 1 aliphatic rings. The van der Waals surface area contributed by atoms with Crippen molar-refractivity contribution >= 4 is 11.7 Å². The summed E-state index contributed by atoms with van der Waals surface area (Å²) < 4.78 is 4.96. The molecule has 20 heavy (non-hydrogen) atoms. The Bertz CT molecular complexity index is 450. The van der Waals surface area contributed by atoms with Crippen LogP contribution in [0.5, 0.6) is 0 Å². The number of rotatable bonds is 5. The highest BCUT2D eigenvalue weighted by Gasteiger charge is 2.19. The molecule has 0 bridgehead atoms. The van der Waals surface area contributed by atoms with Crippen molar-refractivity contribution in [2.45, 2.75) is 32.2 Å². The number of aromatic nitrogens is 1. The van der Waals surface area contributed by atoms with E-state index in [1.54, 1.807) is 6.20 Å². The van der Waals surface area contributed by atoms with E-state index < -0.39 is 0 Å². The van der Waals surface area contributed by atoms with E-state index in [1.807, 2.05) is 26.1 Å². The minimum atomic E-state index is -0.219. The molecule has 1 aromatic rings. The van der Waals surface area contributed by atoms with Gasteiger partial charge in [-0.2, -0.15) is 0 Å². The van der Waals surface area contributed by atoms with Crippen molar-refractivity contribution in [2.75, 3.05) is 31.6 Å². The summed E-state index contributed by atoms with van der Waals surface area (Å²) in [7, 11) is 2.01. The molecule has 1 N–H and O–H groups in total. The van der Waals surface area contributed by atoms with Crippen molar-refractivity contribution in [1.29, 1.82) is 0 Å². The van der Waals surface area contributed by atoms with Gasteiger partial charge in [0.25, 0.3) is 0 Å². The molecule has 1 atom stereocenters. The first-order chi connectivity index (χ1) is 9.72. The van der Waals surface area contributed by atoms with Gasteiger partial charge in [0.15, 0.2) is 0 Å². The van der Waals surface area contributed by atoms with Gasteiger partial charge >= 0.3 is 5.97 Å².